The second-order valence-electron chi connectivity index (χ2n) is 5.29. The lowest BCUT2D eigenvalue weighted by atomic mass is 10.1. The summed E-state index contributed by atoms with van der Waals surface area (Å²) in [6.45, 7) is 3.77. The molecule has 0 fully saturated rings. The van der Waals surface area contributed by atoms with Crippen LogP contribution in [0.2, 0.25) is 0 Å². The number of amides is 1. The molecule has 0 saturated carbocycles. The minimum absolute atomic E-state index is 0.00211. The van der Waals surface area contributed by atoms with Crippen LogP contribution in [0.4, 0.5) is 5.69 Å². The quantitative estimate of drug-likeness (QED) is 0.604. The zero-order valence-corrected chi connectivity index (χ0v) is 14.5. The molecule has 134 valence electrons. The van der Waals surface area contributed by atoms with Gasteiger partial charge in [0.05, 0.1) is 25.7 Å². The molecule has 2 aromatic rings. The summed E-state index contributed by atoms with van der Waals surface area (Å²) in [6, 6.07) is 5.06. The summed E-state index contributed by atoms with van der Waals surface area (Å²) < 4.78 is 11.9. The number of benzene rings is 1. The van der Waals surface area contributed by atoms with Gasteiger partial charge < -0.3 is 14.8 Å². The summed E-state index contributed by atoms with van der Waals surface area (Å²) in [5.74, 6) is 0.447. The molecule has 1 aromatic carbocycles. The lowest BCUT2D eigenvalue weighted by Crippen LogP contribution is -2.28. The number of hydrogen-bond acceptors (Lipinski definition) is 6. The Morgan fingerprint density at radius 2 is 1.88 bits per heavy atom. The van der Waals surface area contributed by atoms with Gasteiger partial charge in [0.15, 0.2) is 0 Å². The molecular weight excluding hydrogens is 328 g/mol. The zero-order chi connectivity index (χ0) is 18.6. The van der Waals surface area contributed by atoms with E-state index in [9.17, 15) is 14.9 Å². The van der Waals surface area contributed by atoms with Gasteiger partial charge in [-0.3, -0.25) is 19.6 Å². The van der Waals surface area contributed by atoms with Gasteiger partial charge in [-0.25, -0.2) is 0 Å². The van der Waals surface area contributed by atoms with E-state index >= 15 is 0 Å². The molecule has 1 N–H and O–H groups in total. The zero-order valence-electron chi connectivity index (χ0n) is 14.5. The van der Waals surface area contributed by atoms with Gasteiger partial charge in [0.1, 0.15) is 28.5 Å². The highest BCUT2D eigenvalue weighted by Crippen LogP contribution is 2.28. The molecular formula is C16H20N4O5. The van der Waals surface area contributed by atoms with Crippen LogP contribution in [0.15, 0.2) is 18.2 Å². The molecule has 0 spiro atoms. The molecule has 0 aliphatic rings. The minimum Gasteiger partial charge on any atom is -0.496 e. The predicted molar refractivity (Wildman–Crippen MR) is 90.2 cm³/mol. The predicted octanol–water partition coefficient (Wildman–Crippen LogP) is 1.86. The van der Waals surface area contributed by atoms with Crippen molar-refractivity contribution in [1.29, 1.82) is 0 Å². The Bertz CT molecular complexity index is 778. The average Bonchev–Trinajstić information content (AvgIpc) is 2.87. The van der Waals surface area contributed by atoms with Crippen molar-refractivity contribution in [3.8, 4) is 11.5 Å². The highest BCUT2D eigenvalue weighted by Gasteiger charge is 2.22. The molecule has 9 heteroatoms. The SMILES string of the molecule is COc1cccc(OC)c1C(=O)NCCn1nc(C)c([N+](=O)[O-])c1C. The molecule has 0 saturated heterocycles. The van der Waals surface area contributed by atoms with Crippen LogP contribution >= 0.6 is 0 Å². The van der Waals surface area contributed by atoms with Crippen LogP contribution in [0, 0.1) is 24.0 Å². The molecule has 1 amide bonds. The Labute approximate surface area is 144 Å². The maximum Gasteiger partial charge on any atom is 0.312 e. The van der Waals surface area contributed by atoms with Crippen LogP contribution in [0.3, 0.4) is 0 Å². The van der Waals surface area contributed by atoms with E-state index in [2.05, 4.69) is 10.4 Å². The normalized spacial score (nSPS) is 10.4. The lowest BCUT2D eigenvalue weighted by molar-refractivity contribution is -0.386. The van der Waals surface area contributed by atoms with E-state index in [4.69, 9.17) is 9.47 Å². The number of carbonyl (C=O) groups is 1. The first-order chi connectivity index (χ1) is 11.9. The summed E-state index contributed by atoms with van der Waals surface area (Å²) in [7, 11) is 2.95. The number of nitro groups is 1. The van der Waals surface area contributed by atoms with Crippen molar-refractivity contribution < 1.29 is 19.2 Å². The van der Waals surface area contributed by atoms with Crippen molar-refractivity contribution in [1.82, 2.24) is 15.1 Å². The number of aromatic nitrogens is 2. The Balaban J connectivity index is 2.10. The number of hydrogen-bond donors (Lipinski definition) is 1. The van der Waals surface area contributed by atoms with E-state index in [1.807, 2.05) is 0 Å². The molecule has 0 aliphatic heterocycles. The molecule has 0 aliphatic carbocycles. The first-order valence-corrected chi connectivity index (χ1v) is 7.58. The van der Waals surface area contributed by atoms with Crippen LogP contribution < -0.4 is 14.8 Å². The van der Waals surface area contributed by atoms with Crippen LogP contribution in [0.1, 0.15) is 21.7 Å². The molecule has 0 radical (unpaired) electrons. The second kappa shape index (κ2) is 7.65. The third kappa shape index (κ3) is 3.70. The van der Waals surface area contributed by atoms with Gasteiger partial charge in [-0.2, -0.15) is 5.10 Å². The third-order valence-corrected chi connectivity index (χ3v) is 3.79. The van der Waals surface area contributed by atoms with Gasteiger partial charge in [-0.1, -0.05) is 6.07 Å². The first-order valence-electron chi connectivity index (χ1n) is 7.58. The van der Waals surface area contributed by atoms with E-state index in [-0.39, 0.29) is 18.1 Å². The van der Waals surface area contributed by atoms with Crippen molar-refractivity contribution in [2.45, 2.75) is 20.4 Å². The topological polar surface area (TPSA) is 109 Å². The number of nitrogens with zero attached hydrogens (tertiary/aromatic N) is 3. The number of nitrogens with one attached hydrogen (secondary N) is 1. The van der Waals surface area contributed by atoms with Gasteiger partial charge in [0.2, 0.25) is 0 Å². The number of methoxy groups -OCH3 is 2. The summed E-state index contributed by atoms with van der Waals surface area (Å²) in [5, 5.41) is 17.9. The monoisotopic (exact) mass is 348 g/mol. The summed E-state index contributed by atoms with van der Waals surface area (Å²) >= 11 is 0. The van der Waals surface area contributed by atoms with Crippen molar-refractivity contribution in [2.75, 3.05) is 20.8 Å². The van der Waals surface area contributed by atoms with Crippen LogP contribution in [0.5, 0.6) is 11.5 Å². The van der Waals surface area contributed by atoms with Gasteiger partial charge in [0, 0.05) is 6.54 Å². The fourth-order valence-corrected chi connectivity index (χ4v) is 2.61. The van der Waals surface area contributed by atoms with Crippen LogP contribution in [-0.4, -0.2) is 41.4 Å². The number of ether oxygens (including phenoxy) is 2. The number of carbonyl (C=O) groups excluding carboxylic acids is 1. The summed E-state index contributed by atoms with van der Waals surface area (Å²) in [5.41, 5.74) is 1.09. The first kappa shape index (κ1) is 18.2. The molecule has 1 heterocycles. The van der Waals surface area contributed by atoms with Gasteiger partial charge in [0.25, 0.3) is 5.91 Å². The highest BCUT2D eigenvalue weighted by molar-refractivity contribution is 5.99. The van der Waals surface area contributed by atoms with Crippen LogP contribution in [0.25, 0.3) is 0 Å². The molecule has 0 unspecified atom stereocenters. The maximum atomic E-state index is 12.5. The van der Waals surface area contributed by atoms with E-state index in [1.165, 1.54) is 18.9 Å². The van der Waals surface area contributed by atoms with Gasteiger partial charge in [-0.05, 0) is 26.0 Å². The van der Waals surface area contributed by atoms with E-state index in [0.29, 0.717) is 35.0 Å². The highest BCUT2D eigenvalue weighted by atomic mass is 16.6. The molecule has 25 heavy (non-hydrogen) atoms. The third-order valence-electron chi connectivity index (χ3n) is 3.79. The van der Waals surface area contributed by atoms with Crippen molar-refractivity contribution >= 4 is 11.6 Å². The smallest absolute Gasteiger partial charge is 0.312 e. The standard InChI is InChI=1S/C16H20N4O5/c1-10-15(20(22)23)11(2)19(18-10)9-8-17-16(21)14-12(24-3)6-5-7-13(14)25-4/h5-7H,8-9H2,1-4H3,(H,17,21). The molecule has 9 nitrogen and oxygen atoms in total. The van der Waals surface area contributed by atoms with Gasteiger partial charge in [-0.15, -0.1) is 0 Å². The summed E-state index contributed by atoms with van der Waals surface area (Å²) in [4.78, 5) is 23.0. The molecule has 0 atom stereocenters. The summed E-state index contributed by atoms with van der Waals surface area (Å²) in [6.07, 6.45) is 0. The Hall–Kier alpha value is -3.10. The second-order valence-corrected chi connectivity index (χ2v) is 5.29. The van der Waals surface area contributed by atoms with E-state index < -0.39 is 4.92 Å². The largest absolute Gasteiger partial charge is 0.496 e. The van der Waals surface area contributed by atoms with Crippen molar-refractivity contribution in [2.24, 2.45) is 0 Å². The maximum absolute atomic E-state index is 12.5. The van der Waals surface area contributed by atoms with Gasteiger partial charge >= 0.3 is 5.69 Å². The van der Waals surface area contributed by atoms with Crippen molar-refractivity contribution in [3.05, 3.63) is 45.3 Å². The fraction of sp³-hybridized carbons (Fsp3) is 0.375. The molecule has 0 bridgehead atoms. The van der Waals surface area contributed by atoms with E-state index in [0.717, 1.165) is 0 Å². The molecule has 1 aromatic heterocycles. The number of rotatable bonds is 7. The van der Waals surface area contributed by atoms with Crippen LogP contribution in [-0.2, 0) is 6.54 Å². The Kier molecular flexibility index (Phi) is 5.58. The Morgan fingerprint density at radius 3 is 2.36 bits per heavy atom. The van der Waals surface area contributed by atoms with Crippen molar-refractivity contribution in [3.63, 3.8) is 0 Å². The number of aryl methyl sites for hydroxylation is 1. The fourth-order valence-electron chi connectivity index (χ4n) is 2.61. The minimum atomic E-state index is -0.452. The van der Waals surface area contributed by atoms with E-state index in [1.54, 1.807) is 32.0 Å². The Morgan fingerprint density at radius 1 is 1.28 bits per heavy atom. The average molecular weight is 348 g/mol. The lowest BCUT2D eigenvalue weighted by Gasteiger charge is -2.13. The molecule has 2 rings (SSSR count).